The van der Waals surface area contributed by atoms with E-state index in [-0.39, 0.29) is 0 Å². The monoisotopic (exact) mass is 244 g/mol. The number of rotatable bonds is 2. The molecule has 0 saturated heterocycles. The van der Waals surface area contributed by atoms with Gasteiger partial charge in [0, 0.05) is 6.08 Å². The lowest BCUT2D eigenvalue weighted by Gasteiger charge is -2.35. The molecule has 0 N–H and O–H groups in total. The van der Waals surface area contributed by atoms with Gasteiger partial charge in [-0.2, -0.15) is 0 Å². The maximum absolute atomic E-state index is 13.1. The molecule has 0 aromatic rings. The average Bonchev–Trinajstić information content (AvgIpc) is 2.29. The van der Waals surface area contributed by atoms with Gasteiger partial charge in [-0.25, -0.2) is 26.7 Å². The summed E-state index contributed by atoms with van der Waals surface area (Å²) in [5, 5.41) is 0. The molecule has 7 heteroatoms. The average molecular weight is 244 g/mol. The molecule has 4 unspecified atom stereocenters. The minimum absolute atomic E-state index is 0.585. The van der Waals surface area contributed by atoms with Crippen LogP contribution in [0.1, 0.15) is 0 Å². The van der Waals surface area contributed by atoms with Gasteiger partial charge in [0.25, 0.3) is 0 Å². The molecule has 0 aromatic carbocycles. The SMILES string of the molecule is C=CC(=O)OC1C(F)C(F)C(F)C(F)C1F. The summed E-state index contributed by atoms with van der Waals surface area (Å²) in [5.74, 6) is -1.23. The van der Waals surface area contributed by atoms with Crippen LogP contribution in [-0.2, 0) is 9.53 Å². The third-order valence-corrected chi connectivity index (χ3v) is 2.26. The molecular weight excluding hydrogens is 235 g/mol. The van der Waals surface area contributed by atoms with E-state index in [0.29, 0.717) is 6.08 Å². The molecule has 2 nitrogen and oxygen atoms in total. The molecule has 1 fully saturated rings. The highest BCUT2D eigenvalue weighted by Crippen LogP contribution is 2.33. The molecule has 0 radical (unpaired) electrons. The molecule has 16 heavy (non-hydrogen) atoms. The topological polar surface area (TPSA) is 26.3 Å². The van der Waals surface area contributed by atoms with Crippen LogP contribution < -0.4 is 0 Å². The molecular formula is C9H9F5O2. The third kappa shape index (κ3) is 2.17. The van der Waals surface area contributed by atoms with E-state index < -0.39 is 42.9 Å². The first-order valence-electron chi connectivity index (χ1n) is 4.43. The fourth-order valence-corrected chi connectivity index (χ4v) is 1.38. The Balaban J connectivity index is 2.82. The van der Waals surface area contributed by atoms with Gasteiger partial charge in [-0.05, 0) is 0 Å². The molecule has 4 atom stereocenters. The van der Waals surface area contributed by atoms with Crippen molar-refractivity contribution in [1.29, 1.82) is 0 Å². The van der Waals surface area contributed by atoms with Crippen molar-refractivity contribution in [3.8, 4) is 0 Å². The number of esters is 1. The van der Waals surface area contributed by atoms with Crippen molar-refractivity contribution in [2.45, 2.75) is 37.0 Å². The Kier molecular flexibility index (Phi) is 3.88. The number of carbonyl (C=O) groups is 1. The molecule has 0 heterocycles. The normalized spacial score (nSPS) is 43.8. The summed E-state index contributed by atoms with van der Waals surface area (Å²) in [6, 6.07) is 0. The fourth-order valence-electron chi connectivity index (χ4n) is 1.38. The predicted octanol–water partition coefficient (Wildman–Crippen LogP) is 1.79. The summed E-state index contributed by atoms with van der Waals surface area (Å²) < 4.78 is 68.6. The second-order valence-corrected chi connectivity index (χ2v) is 3.33. The van der Waals surface area contributed by atoms with E-state index in [2.05, 4.69) is 11.3 Å². The van der Waals surface area contributed by atoms with Gasteiger partial charge in [-0.15, -0.1) is 0 Å². The van der Waals surface area contributed by atoms with E-state index in [9.17, 15) is 26.7 Å². The predicted molar refractivity (Wildman–Crippen MR) is 44.6 cm³/mol. The summed E-state index contributed by atoms with van der Waals surface area (Å²) >= 11 is 0. The quantitative estimate of drug-likeness (QED) is 0.420. The molecule has 0 aliphatic heterocycles. The first-order valence-corrected chi connectivity index (χ1v) is 4.43. The van der Waals surface area contributed by atoms with Crippen molar-refractivity contribution in [3.05, 3.63) is 12.7 Å². The Morgan fingerprint density at radius 3 is 1.69 bits per heavy atom. The Bertz CT molecular complexity index is 269. The number of ether oxygens (including phenoxy) is 1. The third-order valence-electron chi connectivity index (χ3n) is 2.26. The summed E-state index contributed by atoms with van der Waals surface area (Å²) in [6.07, 6.45) is -15.8. The molecule has 0 spiro atoms. The largest absolute Gasteiger partial charge is 0.453 e. The summed E-state index contributed by atoms with van der Waals surface area (Å²) in [5.41, 5.74) is 0. The van der Waals surface area contributed by atoms with Crippen molar-refractivity contribution in [2.75, 3.05) is 0 Å². The zero-order valence-electron chi connectivity index (χ0n) is 7.95. The lowest BCUT2D eigenvalue weighted by molar-refractivity contribution is -0.171. The van der Waals surface area contributed by atoms with Gasteiger partial charge in [-0.1, -0.05) is 6.58 Å². The first-order chi connectivity index (χ1) is 7.40. The van der Waals surface area contributed by atoms with E-state index in [4.69, 9.17) is 0 Å². The molecule has 1 aliphatic rings. The number of halogens is 5. The zero-order chi connectivity index (χ0) is 12.5. The first kappa shape index (κ1) is 12.9. The van der Waals surface area contributed by atoms with Gasteiger partial charge in [-0.3, -0.25) is 0 Å². The number of hydrogen-bond donors (Lipinski definition) is 0. The second kappa shape index (κ2) is 4.80. The highest BCUT2D eigenvalue weighted by Gasteiger charge is 2.55. The maximum Gasteiger partial charge on any atom is 0.330 e. The van der Waals surface area contributed by atoms with E-state index in [1.807, 2.05) is 0 Å². The number of hydrogen-bond acceptors (Lipinski definition) is 2. The van der Waals surface area contributed by atoms with Crippen LogP contribution in [0.2, 0.25) is 0 Å². The summed E-state index contributed by atoms with van der Waals surface area (Å²) in [6.45, 7) is 2.95. The minimum atomic E-state index is -2.90. The number of alkyl halides is 5. The molecule has 92 valence electrons. The van der Waals surface area contributed by atoms with E-state index in [0.717, 1.165) is 0 Å². The molecule has 0 aromatic heterocycles. The Labute approximate surface area is 88.1 Å². The van der Waals surface area contributed by atoms with E-state index in [1.165, 1.54) is 0 Å². The van der Waals surface area contributed by atoms with Crippen LogP contribution in [0.25, 0.3) is 0 Å². The standard InChI is InChI=1S/C9H9F5O2/c1-2-3(15)16-9-7(13)5(11)4(10)6(12)8(9)14/h2,4-9H,1H2. The lowest BCUT2D eigenvalue weighted by atomic mass is 9.89. The lowest BCUT2D eigenvalue weighted by Crippen LogP contribution is -2.57. The minimum Gasteiger partial charge on any atom is -0.453 e. The van der Waals surface area contributed by atoms with E-state index in [1.54, 1.807) is 0 Å². The van der Waals surface area contributed by atoms with Gasteiger partial charge < -0.3 is 4.74 Å². The van der Waals surface area contributed by atoms with E-state index >= 15 is 0 Å². The molecule has 1 rings (SSSR count). The Morgan fingerprint density at radius 2 is 1.31 bits per heavy atom. The van der Waals surface area contributed by atoms with Crippen molar-refractivity contribution >= 4 is 5.97 Å². The molecule has 0 bridgehead atoms. The van der Waals surface area contributed by atoms with Gasteiger partial charge >= 0.3 is 5.97 Å². The molecule has 1 aliphatic carbocycles. The Morgan fingerprint density at radius 1 is 0.938 bits per heavy atom. The van der Waals surface area contributed by atoms with Crippen molar-refractivity contribution in [2.24, 2.45) is 0 Å². The van der Waals surface area contributed by atoms with Crippen LogP contribution in [0.3, 0.4) is 0 Å². The van der Waals surface area contributed by atoms with Gasteiger partial charge in [0.2, 0.25) is 0 Å². The second-order valence-electron chi connectivity index (χ2n) is 3.33. The van der Waals surface area contributed by atoms with Gasteiger partial charge in [0.05, 0.1) is 0 Å². The zero-order valence-corrected chi connectivity index (χ0v) is 7.95. The summed E-state index contributed by atoms with van der Waals surface area (Å²) in [4.78, 5) is 10.7. The maximum atomic E-state index is 13.1. The number of carbonyl (C=O) groups excluding carboxylic acids is 1. The smallest absolute Gasteiger partial charge is 0.330 e. The van der Waals surface area contributed by atoms with Gasteiger partial charge in [0.15, 0.2) is 37.0 Å². The van der Waals surface area contributed by atoms with Crippen LogP contribution in [0, 0.1) is 0 Å². The van der Waals surface area contributed by atoms with Crippen LogP contribution in [-0.4, -0.2) is 42.9 Å². The summed E-state index contributed by atoms with van der Waals surface area (Å²) in [7, 11) is 0. The van der Waals surface area contributed by atoms with Crippen LogP contribution >= 0.6 is 0 Å². The van der Waals surface area contributed by atoms with Crippen LogP contribution in [0.15, 0.2) is 12.7 Å². The highest BCUT2D eigenvalue weighted by atomic mass is 19.2. The van der Waals surface area contributed by atoms with Crippen LogP contribution in [0.5, 0.6) is 0 Å². The van der Waals surface area contributed by atoms with Crippen LogP contribution in [0.4, 0.5) is 22.0 Å². The highest BCUT2D eigenvalue weighted by molar-refractivity contribution is 5.81. The van der Waals surface area contributed by atoms with Crippen molar-refractivity contribution < 1.29 is 31.5 Å². The van der Waals surface area contributed by atoms with Crippen molar-refractivity contribution in [3.63, 3.8) is 0 Å². The molecule has 1 saturated carbocycles. The fraction of sp³-hybridized carbons (Fsp3) is 0.667. The van der Waals surface area contributed by atoms with Crippen molar-refractivity contribution in [1.82, 2.24) is 0 Å². The van der Waals surface area contributed by atoms with Gasteiger partial charge in [0.1, 0.15) is 0 Å². The molecule has 0 amide bonds. The Hall–Kier alpha value is -1.14.